The lowest BCUT2D eigenvalue weighted by Crippen LogP contribution is -2.17. The first kappa shape index (κ1) is 17.5. The van der Waals surface area contributed by atoms with Crippen molar-refractivity contribution in [2.24, 2.45) is 0 Å². The van der Waals surface area contributed by atoms with Gasteiger partial charge in [0.15, 0.2) is 0 Å². The van der Waals surface area contributed by atoms with Gasteiger partial charge in [0, 0.05) is 12.6 Å². The molecule has 9 nitrogen and oxygen atoms in total. The van der Waals surface area contributed by atoms with Crippen molar-refractivity contribution in [2.75, 3.05) is 19.5 Å². The van der Waals surface area contributed by atoms with E-state index in [1.165, 1.54) is 7.11 Å². The van der Waals surface area contributed by atoms with Crippen molar-refractivity contribution in [2.45, 2.75) is 20.4 Å². The van der Waals surface area contributed by atoms with Gasteiger partial charge in [0.1, 0.15) is 17.2 Å². The van der Waals surface area contributed by atoms with E-state index in [9.17, 15) is 4.79 Å². The number of carbonyl (C=O) groups is 1. The van der Waals surface area contributed by atoms with Gasteiger partial charge in [-0.3, -0.25) is 14.8 Å². The second kappa shape index (κ2) is 7.26. The second-order valence-electron chi connectivity index (χ2n) is 5.42. The summed E-state index contributed by atoms with van der Waals surface area (Å²) in [4.78, 5) is 12.4. The number of nitrogens with zero attached hydrogens (tertiary/aromatic N) is 4. The molecule has 0 aliphatic heterocycles. The Kier molecular flexibility index (Phi) is 4.87. The molecule has 1 aromatic carbocycles. The summed E-state index contributed by atoms with van der Waals surface area (Å²) in [7, 11) is 3.10. The molecule has 0 bridgehead atoms. The second-order valence-corrected chi connectivity index (χ2v) is 5.42. The van der Waals surface area contributed by atoms with E-state index in [-0.39, 0.29) is 17.8 Å². The van der Waals surface area contributed by atoms with E-state index >= 15 is 0 Å². The van der Waals surface area contributed by atoms with E-state index in [0.717, 1.165) is 5.69 Å². The van der Waals surface area contributed by atoms with Crippen molar-refractivity contribution in [1.82, 2.24) is 20.0 Å². The highest BCUT2D eigenvalue weighted by atomic mass is 16.5. The minimum atomic E-state index is -0.371. The number of rotatable bonds is 6. The van der Waals surface area contributed by atoms with Crippen molar-refractivity contribution in [3.8, 4) is 23.0 Å². The van der Waals surface area contributed by atoms with E-state index in [0.29, 0.717) is 29.3 Å². The molecule has 0 fully saturated rings. The zero-order valence-corrected chi connectivity index (χ0v) is 14.9. The van der Waals surface area contributed by atoms with Crippen LogP contribution in [0.1, 0.15) is 23.1 Å². The van der Waals surface area contributed by atoms with E-state index in [1.54, 1.807) is 36.1 Å². The monoisotopic (exact) mass is 357 g/mol. The maximum absolute atomic E-state index is 12.4. The molecule has 0 saturated carbocycles. The van der Waals surface area contributed by atoms with Crippen LogP contribution < -0.4 is 14.8 Å². The molecule has 0 unspecified atom stereocenters. The lowest BCUT2D eigenvalue weighted by Gasteiger charge is -2.07. The maximum atomic E-state index is 12.4. The van der Waals surface area contributed by atoms with Crippen LogP contribution in [0.4, 0.5) is 6.01 Å². The third-order valence-electron chi connectivity index (χ3n) is 3.72. The topological polar surface area (TPSA) is 104 Å². The van der Waals surface area contributed by atoms with Gasteiger partial charge in [0.25, 0.3) is 11.8 Å². The summed E-state index contributed by atoms with van der Waals surface area (Å²) in [5.41, 5.74) is 1.77. The van der Waals surface area contributed by atoms with Crippen molar-refractivity contribution < 1.29 is 18.7 Å². The molecular weight excluding hydrogens is 338 g/mol. The summed E-state index contributed by atoms with van der Waals surface area (Å²) in [5.74, 6) is 1.01. The molecule has 3 rings (SSSR count). The Morgan fingerprint density at radius 3 is 2.73 bits per heavy atom. The van der Waals surface area contributed by atoms with Crippen LogP contribution in [0.15, 0.2) is 28.7 Å². The highest BCUT2D eigenvalue weighted by molar-refractivity contribution is 6.01. The highest BCUT2D eigenvalue weighted by Crippen LogP contribution is 2.33. The number of aryl methyl sites for hydroxylation is 2. The number of hydrogen-bond donors (Lipinski definition) is 1. The Labute approximate surface area is 149 Å². The van der Waals surface area contributed by atoms with Gasteiger partial charge in [-0.2, -0.15) is 5.10 Å². The molecule has 0 spiro atoms. The van der Waals surface area contributed by atoms with E-state index < -0.39 is 0 Å². The van der Waals surface area contributed by atoms with Gasteiger partial charge < -0.3 is 13.9 Å². The molecular formula is C17H19N5O4. The first-order chi connectivity index (χ1) is 12.5. The van der Waals surface area contributed by atoms with Crippen molar-refractivity contribution >= 4 is 11.9 Å². The number of benzene rings is 1. The molecule has 0 atom stereocenters. The predicted octanol–water partition coefficient (Wildman–Crippen LogP) is 2.53. The van der Waals surface area contributed by atoms with Gasteiger partial charge in [-0.25, -0.2) is 0 Å². The standard InChI is InChI=1S/C17H19N5O4/c1-5-22-13(8-10(2)21-22)15(23)18-17-20-19-16(26-17)12-7-6-11(24-3)9-14(12)25-4/h6-9H,5H2,1-4H3,(H,18,20,23). The zero-order chi connectivity index (χ0) is 18.7. The molecule has 9 heteroatoms. The SMILES string of the molecule is CCn1nc(C)cc1C(=O)Nc1nnc(-c2ccc(OC)cc2OC)o1. The zero-order valence-electron chi connectivity index (χ0n) is 14.9. The summed E-state index contributed by atoms with van der Waals surface area (Å²) < 4.78 is 17.7. The van der Waals surface area contributed by atoms with Gasteiger partial charge in [0.05, 0.1) is 25.5 Å². The number of methoxy groups -OCH3 is 2. The summed E-state index contributed by atoms with van der Waals surface area (Å²) in [6, 6.07) is 6.89. The molecule has 1 amide bonds. The van der Waals surface area contributed by atoms with E-state index in [1.807, 2.05) is 13.8 Å². The highest BCUT2D eigenvalue weighted by Gasteiger charge is 2.18. The van der Waals surface area contributed by atoms with Crippen molar-refractivity contribution in [3.05, 3.63) is 35.7 Å². The Balaban J connectivity index is 1.83. The minimum absolute atomic E-state index is 0.00984. The van der Waals surface area contributed by atoms with Crippen LogP contribution in [0.2, 0.25) is 0 Å². The third kappa shape index (κ3) is 3.37. The van der Waals surface area contributed by atoms with Gasteiger partial charge >= 0.3 is 6.01 Å². The predicted molar refractivity (Wildman–Crippen MR) is 93.4 cm³/mol. The molecule has 136 valence electrons. The van der Waals surface area contributed by atoms with E-state index in [2.05, 4.69) is 20.6 Å². The number of anilines is 1. The van der Waals surface area contributed by atoms with Crippen LogP contribution in [0.3, 0.4) is 0 Å². The first-order valence-electron chi connectivity index (χ1n) is 7.97. The van der Waals surface area contributed by atoms with Crippen molar-refractivity contribution in [3.63, 3.8) is 0 Å². The maximum Gasteiger partial charge on any atom is 0.322 e. The molecule has 2 aromatic heterocycles. The van der Waals surface area contributed by atoms with Gasteiger partial charge in [-0.15, -0.1) is 5.10 Å². The third-order valence-corrected chi connectivity index (χ3v) is 3.72. The van der Waals surface area contributed by atoms with Crippen LogP contribution in [0.5, 0.6) is 11.5 Å². The molecule has 3 aromatic rings. The smallest absolute Gasteiger partial charge is 0.322 e. The average Bonchev–Trinajstić information content (AvgIpc) is 3.27. The number of hydrogen-bond acceptors (Lipinski definition) is 7. The lowest BCUT2D eigenvalue weighted by atomic mass is 10.2. The number of carbonyl (C=O) groups excluding carboxylic acids is 1. The Hall–Kier alpha value is -3.36. The molecule has 0 saturated heterocycles. The summed E-state index contributed by atoms with van der Waals surface area (Å²) in [5, 5.41) is 14.7. The molecule has 2 heterocycles. The summed E-state index contributed by atoms with van der Waals surface area (Å²) >= 11 is 0. The molecule has 0 aliphatic carbocycles. The quantitative estimate of drug-likeness (QED) is 0.723. The number of ether oxygens (including phenoxy) is 2. The van der Waals surface area contributed by atoms with Gasteiger partial charge in [-0.1, -0.05) is 5.10 Å². The number of aromatic nitrogens is 4. The molecule has 0 radical (unpaired) electrons. The number of amides is 1. The fourth-order valence-corrected chi connectivity index (χ4v) is 2.49. The lowest BCUT2D eigenvalue weighted by molar-refractivity contribution is 0.101. The van der Waals surface area contributed by atoms with Crippen LogP contribution in [0, 0.1) is 6.92 Å². The minimum Gasteiger partial charge on any atom is -0.497 e. The van der Waals surface area contributed by atoms with Gasteiger partial charge in [0.2, 0.25) is 0 Å². The summed E-state index contributed by atoms with van der Waals surface area (Å²) in [6.45, 7) is 4.31. The summed E-state index contributed by atoms with van der Waals surface area (Å²) in [6.07, 6.45) is 0. The first-order valence-corrected chi connectivity index (χ1v) is 7.97. The average molecular weight is 357 g/mol. The Bertz CT molecular complexity index is 931. The van der Waals surface area contributed by atoms with Crippen LogP contribution in [-0.2, 0) is 6.54 Å². The fourth-order valence-electron chi connectivity index (χ4n) is 2.49. The molecule has 26 heavy (non-hydrogen) atoms. The molecule has 1 N–H and O–H groups in total. The van der Waals surface area contributed by atoms with Crippen molar-refractivity contribution in [1.29, 1.82) is 0 Å². The fraction of sp³-hybridized carbons (Fsp3) is 0.294. The van der Waals surface area contributed by atoms with E-state index in [4.69, 9.17) is 13.9 Å². The van der Waals surface area contributed by atoms with Crippen LogP contribution in [0.25, 0.3) is 11.5 Å². The molecule has 0 aliphatic rings. The number of nitrogens with one attached hydrogen (secondary N) is 1. The van der Waals surface area contributed by atoms with Gasteiger partial charge in [-0.05, 0) is 32.0 Å². The largest absolute Gasteiger partial charge is 0.497 e. The van der Waals surface area contributed by atoms with Crippen LogP contribution >= 0.6 is 0 Å². The Morgan fingerprint density at radius 2 is 2.04 bits per heavy atom. The normalized spacial score (nSPS) is 10.6. The van der Waals surface area contributed by atoms with Crippen LogP contribution in [-0.4, -0.2) is 40.1 Å². The Morgan fingerprint density at radius 1 is 1.23 bits per heavy atom.